The summed E-state index contributed by atoms with van der Waals surface area (Å²) < 4.78 is 94.7. The topological polar surface area (TPSA) is 249 Å². The molecule has 4 aromatic heterocycles. The van der Waals surface area contributed by atoms with Crippen LogP contribution in [0.3, 0.4) is 0 Å². The second-order valence-electron chi connectivity index (χ2n) is 10.4. The van der Waals surface area contributed by atoms with E-state index in [1.54, 1.807) is 0 Å². The summed E-state index contributed by atoms with van der Waals surface area (Å²) >= 11 is 8.07. The summed E-state index contributed by atoms with van der Waals surface area (Å²) in [5.74, 6) is -0.214. The minimum atomic E-state index is -4.48. The average molecular weight is 725 g/mol. The van der Waals surface area contributed by atoms with Gasteiger partial charge >= 0.3 is 6.80 Å². The van der Waals surface area contributed by atoms with Crippen LogP contribution in [0.1, 0.15) is 12.5 Å². The number of halogens is 2. The molecule has 0 amide bonds. The van der Waals surface area contributed by atoms with Gasteiger partial charge in [0.2, 0.25) is 5.95 Å². The van der Waals surface area contributed by atoms with Gasteiger partial charge in [-0.05, 0) is 0 Å². The van der Waals surface area contributed by atoms with Gasteiger partial charge in [0.25, 0.3) is 12.1 Å². The van der Waals surface area contributed by atoms with Gasteiger partial charge in [-0.25, -0.2) is 33.3 Å². The highest BCUT2D eigenvalue weighted by atomic mass is 32.7. The number of H-pyrrole nitrogens is 1. The molecule has 3 aliphatic heterocycles. The third kappa shape index (κ3) is 5.71. The van der Waals surface area contributed by atoms with Gasteiger partial charge in [0.15, 0.2) is 47.4 Å². The highest BCUT2D eigenvalue weighted by Crippen LogP contribution is 2.59. The first kappa shape index (κ1) is 31.9. The third-order valence-electron chi connectivity index (χ3n) is 7.44. The van der Waals surface area contributed by atoms with Gasteiger partial charge in [0.1, 0.15) is 42.6 Å². The van der Waals surface area contributed by atoms with Crippen LogP contribution in [-0.4, -0.2) is 95.4 Å². The van der Waals surface area contributed by atoms with Gasteiger partial charge in [-0.15, -0.1) is 0 Å². The summed E-state index contributed by atoms with van der Waals surface area (Å²) in [6, 6.07) is 0. The van der Waals surface area contributed by atoms with E-state index in [-0.39, 0.29) is 34.1 Å². The second kappa shape index (κ2) is 11.8. The minimum absolute atomic E-state index is 0.0502. The Morgan fingerprint density at radius 3 is 2.37 bits per heavy atom. The van der Waals surface area contributed by atoms with Crippen LogP contribution in [-0.2, 0) is 36.9 Å². The van der Waals surface area contributed by atoms with E-state index < -0.39 is 87.7 Å². The standard InChI is InChI=1S/C21H24F2N10O9P2S2/c22-9-7-1-38-43(35,45)6-37-13-8(41-19(10(13)23)32-4-28-11-15(24)26-3-27-16(11)32)2-39-44(36,46)42-14(9)20(40-7)33-5-29-12-17(33)30-21(25)31-18(12)34/h3-5,7-10,13-14,19-20H,1-2,6H2,(H,35,45)(H,36,46)(H2,24,26,27)(H3,25,30,31,34)/t7-,8-,9-,10-,13-,14-,19-,20-,43?,44?/m1/s1. The van der Waals surface area contributed by atoms with Crippen molar-refractivity contribution in [3.05, 3.63) is 29.3 Å². The van der Waals surface area contributed by atoms with E-state index in [0.29, 0.717) is 0 Å². The molecule has 2 bridgehead atoms. The lowest BCUT2D eigenvalue weighted by Gasteiger charge is -2.26. The number of aromatic amines is 1. The van der Waals surface area contributed by atoms with Gasteiger partial charge in [-0.3, -0.25) is 32.5 Å². The number of alkyl halides is 2. The van der Waals surface area contributed by atoms with Crippen molar-refractivity contribution in [2.24, 2.45) is 0 Å². The highest BCUT2D eigenvalue weighted by Gasteiger charge is 2.53. The molecule has 0 aliphatic carbocycles. The molecule has 3 fully saturated rings. The number of aromatic nitrogens is 8. The Morgan fingerprint density at radius 2 is 1.59 bits per heavy atom. The first-order valence-electron chi connectivity index (χ1n) is 13.3. The van der Waals surface area contributed by atoms with Crippen molar-refractivity contribution in [2.45, 2.75) is 49.2 Å². The van der Waals surface area contributed by atoms with Gasteiger partial charge in [-0.2, -0.15) is 4.98 Å². The number of ether oxygens (including phenoxy) is 3. The smallest absolute Gasteiger partial charge is 0.382 e. The third-order valence-corrected chi connectivity index (χ3v) is 10.8. The maximum Gasteiger partial charge on any atom is 0.386 e. The lowest BCUT2D eigenvalue weighted by Crippen LogP contribution is -2.36. The lowest BCUT2D eigenvalue weighted by molar-refractivity contribution is -0.0547. The van der Waals surface area contributed by atoms with Crippen LogP contribution in [0, 0.1) is 0 Å². The Bertz CT molecular complexity index is 1970. The van der Waals surface area contributed by atoms with Crippen LogP contribution < -0.4 is 17.0 Å². The van der Waals surface area contributed by atoms with E-state index in [1.165, 1.54) is 10.9 Å². The SMILES string of the molecule is Nc1nc2c(ncn2[C@@H]2O[C@@H]3COP(=O)(S)CO[C@H]4[C@@H](F)[C@H](n5cnc6c(N)ncnc65)O[C@@H]4COP(=O)(S)O[C@@H]2[C@@H]3F)c(=O)[nH]1. The number of anilines is 2. The Kier molecular flexibility index (Phi) is 8.14. The highest BCUT2D eigenvalue weighted by molar-refractivity contribution is 8.46. The summed E-state index contributed by atoms with van der Waals surface area (Å²) in [6.45, 7) is -9.77. The summed E-state index contributed by atoms with van der Waals surface area (Å²) in [6.07, 6.45) is -10.1. The largest absolute Gasteiger partial charge is 0.386 e. The molecule has 2 unspecified atom stereocenters. The molecule has 0 radical (unpaired) electrons. The molecule has 0 aromatic carbocycles. The molecule has 46 heavy (non-hydrogen) atoms. The fourth-order valence-corrected chi connectivity index (χ4v) is 8.03. The molecule has 3 saturated heterocycles. The molecule has 0 saturated carbocycles. The lowest BCUT2D eigenvalue weighted by atomic mass is 10.1. The van der Waals surface area contributed by atoms with Crippen LogP contribution in [0.2, 0.25) is 0 Å². The number of hydrogen-bond donors (Lipinski definition) is 5. The molecular weight excluding hydrogens is 700 g/mol. The minimum Gasteiger partial charge on any atom is -0.382 e. The summed E-state index contributed by atoms with van der Waals surface area (Å²) in [7, 11) is 0. The van der Waals surface area contributed by atoms with Crippen molar-refractivity contribution < 1.29 is 45.7 Å². The zero-order valence-electron chi connectivity index (χ0n) is 23.0. The Morgan fingerprint density at radius 1 is 0.891 bits per heavy atom. The first-order valence-corrected chi connectivity index (χ1v) is 19.0. The van der Waals surface area contributed by atoms with Gasteiger partial charge in [0.05, 0.1) is 25.9 Å². The Balaban J connectivity index is 1.20. The fraction of sp³-hybridized carbons (Fsp3) is 0.524. The van der Waals surface area contributed by atoms with Crippen molar-refractivity contribution in [3.8, 4) is 0 Å². The Labute approximate surface area is 266 Å². The zero-order chi connectivity index (χ0) is 32.5. The fourth-order valence-electron chi connectivity index (χ4n) is 5.36. The molecule has 248 valence electrons. The number of rotatable bonds is 2. The first-order chi connectivity index (χ1) is 21.8. The van der Waals surface area contributed by atoms with Crippen molar-refractivity contribution in [1.82, 2.24) is 39.0 Å². The van der Waals surface area contributed by atoms with Crippen LogP contribution in [0.25, 0.3) is 22.3 Å². The second-order valence-corrected chi connectivity index (χ2v) is 16.9. The van der Waals surface area contributed by atoms with Crippen molar-refractivity contribution in [2.75, 3.05) is 31.0 Å². The molecule has 7 rings (SSSR count). The molecule has 10 atom stereocenters. The number of nitrogens with one attached hydrogen (secondary N) is 1. The maximum atomic E-state index is 16.0. The van der Waals surface area contributed by atoms with E-state index in [4.69, 9.17) is 39.2 Å². The summed E-state index contributed by atoms with van der Waals surface area (Å²) in [4.78, 5) is 34.7. The monoisotopic (exact) mass is 724 g/mol. The summed E-state index contributed by atoms with van der Waals surface area (Å²) in [5, 5.41) is 0. The number of nitrogens with zero attached hydrogens (tertiary/aromatic N) is 7. The van der Waals surface area contributed by atoms with Crippen LogP contribution in [0.5, 0.6) is 0 Å². The number of imidazole rings is 2. The quantitative estimate of drug-likeness (QED) is 0.145. The van der Waals surface area contributed by atoms with E-state index in [0.717, 1.165) is 17.2 Å². The van der Waals surface area contributed by atoms with Gasteiger partial charge in [0, 0.05) is 0 Å². The number of fused-ring (bicyclic) bond motifs is 5. The molecule has 7 heterocycles. The number of hydrogen-bond acceptors (Lipinski definition) is 16. The van der Waals surface area contributed by atoms with E-state index in [2.05, 4.69) is 54.4 Å². The summed E-state index contributed by atoms with van der Waals surface area (Å²) in [5.41, 5.74) is 10.9. The Hall–Kier alpha value is -2.72. The van der Waals surface area contributed by atoms with E-state index >= 15 is 8.78 Å². The molecule has 19 nitrogen and oxygen atoms in total. The van der Waals surface area contributed by atoms with Gasteiger partial charge in [-0.1, -0.05) is 24.5 Å². The number of nitrogens with two attached hydrogens (primary N) is 2. The molecule has 5 N–H and O–H groups in total. The van der Waals surface area contributed by atoms with Crippen molar-refractivity contribution >= 4 is 72.0 Å². The van der Waals surface area contributed by atoms with E-state index in [9.17, 15) is 13.9 Å². The van der Waals surface area contributed by atoms with Gasteiger partial charge < -0.3 is 30.2 Å². The van der Waals surface area contributed by atoms with Crippen LogP contribution in [0.15, 0.2) is 23.8 Å². The molecule has 3 aliphatic rings. The molecule has 4 aromatic rings. The average Bonchev–Trinajstić information content (AvgIpc) is 3.75. The maximum absolute atomic E-state index is 16.0. The van der Waals surface area contributed by atoms with Crippen molar-refractivity contribution in [1.29, 1.82) is 0 Å². The number of nitrogen functional groups attached to an aromatic ring is 2. The number of thiol groups is 2. The normalized spacial score (nSPS) is 37.4. The molecule has 25 heteroatoms. The van der Waals surface area contributed by atoms with Crippen molar-refractivity contribution in [3.63, 3.8) is 0 Å². The predicted molar refractivity (Wildman–Crippen MR) is 160 cm³/mol. The van der Waals surface area contributed by atoms with E-state index in [1.807, 2.05) is 0 Å². The van der Waals surface area contributed by atoms with Crippen LogP contribution >= 0.6 is 37.9 Å². The molecule has 0 spiro atoms. The molecular formula is C21H24F2N10O9P2S2. The van der Waals surface area contributed by atoms with Crippen LogP contribution in [0.4, 0.5) is 20.5 Å². The zero-order valence-corrected chi connectivity index (χ0v) is 26.6. The predicted octanol–water partition coefficient (Wildman–Crippen LogP) is 1.53.